The van der Waals surface area contributed by atoms with Gasteiger partial charge in [-0.15, -0.1) is 0 Å². The zero-order valence-corrected chi connectivity index (χ0v) is 17.5. The standard InChI is InChI=1S/C24H18Cl2O3/c1-14-10-15(2)21-20(11-14)29-23(18-8-3-4-9-19(18)26)24(22(21)27)28-13-16-6-5-7-17(25)12-16/h3-12H,13H2,1-2H3. The highest BCUT2D eigenvalue weighted by atomic mass is 35.5. The van der Waals surface area contributed by atoms with Crippen LogP contribution in [-0.2, 0) is 6.61 Å². The van der Waals surface area contributed by atoms with E-state index in [0.717, 1.165) is 16.7 Å². The van der Waals surface area contributed by atoms with Crippen LogP contribution in [0.5, 0.6) is 5.75 Å². The van der Waals surface area contributed by atoms with Crippen molar-refractivity contribution in [2.24, 2.45) is 0 Å². The largest absolute Gasteiger partial charge is 0.481 e. The molecule has 0 amide bonds. The predicted molar refractivity (Wildman–Crippen MR) is 118 cm³/mol. The topological polar surface area (TPSA) is 39.4 Å². The average Bonchev–Trinajstić information content (AvgIpc) is 2.67. The molecular weight excluding hydrogens is 407 g/mol. The van der Waals surface area contributed by atoms with Gasteiger partial charge in [0, 0.05) is 10.6 Å². The van der Waals surface area contributed by atoms with Crippen LogP contribution in [0.25, 0.3) is 22.3 Å². The van der Waals surface area contributed by atoms with Crippen LogP contribution in [0, 0.1) is 13.8 Å². The monoisotopic (exact) mass is 424 g/mol. The molecule has 0 spiro atoms. The van der Waals surface area contributed by atoms with E-state index in [-0.39, 0.29) is 17.8 Å². The van der Waals surface area contributed by atoms with Gasteiger partial charge in [-0.25, -0.2) is 0 Å². The van der Waals surface area contributed by atoms with Crippen LogP contribution in [0.3, 0.4) is 0 Å². The van der Waals surface area contributed by atoms with E-state index in [1.807, 2.05) is 50.2 Å². The minimum absolute atomic E-state index is 0.137. The fourth-order valence-electron chi connectivity index (χ4n) is 3.41. The molecular formula is C24H18Cl2O3. The van der Waals surface area contributed by atoms with Gasteiger partial charge in [-0.05, 0) is 60.9 Å². The summed E-state index contributed by atoms with van der Waals surface area (Å²) in [5.41, 5.74) is 3.59. The molecule has 0 aliphatic carbocycles. The summed E-state index contributed by atoms with van der Waals surface area (Å²) in [4.78, 5) is 13.4. The van der Waals surface area contributed by atoms with E-state index in [2.05, 4.69) is 0 Å². The van der Waals surface area contributed by atoms with Crippen LogP contribution in [0.4, 0.5) is 0 Å². The minimum Gasteiger partial charge on any atom is -0.481 e. The summed E-state index contributed by atoms with van der Waals surface area (Å²) in [5.74, 6) is 0.456. The van der Waals surface area contributed by atoms with E-state index in [4.69, 9.17) is 32.4 Å². The highest BCUT2D eigenvalue weighted by Crippen LogP contribution is 2.36. The molecule has 1 heterocycles. The van der Waals surface area contributed by atoms with Crippen LogP contribution in [0.15, 0.2) is 69.9 Å². The lowest BCUT2D eigenvalue weighted by atomic mass is 10.0. The van der Waals surface area contributed by atoms with Crippen molar-refractivity contribution in [2.75, 3.05) is 0 Å². The number of aryl methyl sites for hydroxylation is 2. The van der Waals surface area contributed by atoms with E-state index in [9.17, 15) is 4.79 Å². The molecule has 5 heteroatoms. The van der Waals surface area contributed by atoms with E-state index in [0.29, 0.717) is 32.3 Å². The summed E-state index contributed by atoms with van der Waals surface area (Å²) in [6.45, 7) is 4.03. The molecule has 146 valence electrons. The van der Waals surface area contributed by atoms with Crippen molar-refractivity contribution in [3.05, 3.63) is 97.6 Å². The Kier molecular flexibility index (Phi) is 5.35. The summed E-state index contributed by atoms with van der Waals surface area (Å²) in [7, 11) is 0. The lowest BCUT2D eigenvalue weighted by Gasteiger charge is -2.14. The molecule has 4 aromatic rings. The lowest BCUT2D eigenvalue weighted by Crippen LogP contribution is -2.11. The molecule has 3 nitrogen and oxygen atoms in total. The normalized spacial score (nSPS) is 11.0. The Balaban J connectivity index is 1.92. The second-order valence-electron chi connectivity index (χ2n) is 6.94. The number of hydrogen-bond acceptors (Lipinski definition) is 3. The van der Waals surface area contributed by atoms with Crippen molar-refractivity contribution in [3.8, 4) is 17.1 Å². The van der Waals surface area contributed by atoms with Gasteiger partial charge in [0.2, 0.25) is 11.2 Å². The second-order valence-corrected chi connectivity index (χ2v) is 7.79. The second kappa shape index (κ2) is 7.94. The highest BCUT2D eigenvalue weighted by Gasteiger charge is 2.21. The molecule has 1 aromatic heterocycles. The van der Waals surface area contributed by atoms with Crippen LogP contribution in [0.2, 0.25) is 10.0 Å². The van der Waals surface area contributed by atoms with Gasteiger partial charge < -0.3 is 9.15 Å². The molecule has 0 bridgehead atoms. The zero-order valence-electron chi connectivity index (χ0n) is 16.0. The van der Waals surface area contributed by atoms with Gasteiger partial charge in [0.05, 0.1) is 10.4 Å². The van der Waals surface area contributed by atoms with Gasteiger partial charge in [0.15, 0.2) is 5.76 Å². The maximum absolute atomic E-state index is 13.4. The van der Waals surface area contributed by atoms with Gasteiger partial charge in [-0.2, -0.15) is 0 Å². The van der Waals surface area contributed by atoms with Crippen molar-refractivity contribution < 1.29 is 9.15 Å². The van der Waals surface area contributed by atoms with Crippen molar-refractivity contribution in [2.45, 2.75) is 20.5 Å². The van der Waals surface area contributed by atoms with E-state index in [1.54, 1.807) is 24.3 Å². The number of benzene rings is 3. The molecule has 0 aliphatic heterocycles. The van der Waals surface area contributed by atoms with Crippen molar-refractivity contribution in [3.63, 3.8) is 0 Å². The van der Waals surface area contributed by atoms with Gasteiger partial charge in [-0.3, -0.25) is 4.79 Å². The lowest BCUT2D eigenvalue weighted by molar-refractivity contribution is 0.298. The van der Waals surface area contributed by atoms with Crippen LogP contribution >= 0.6 is 23.2 Å². The highest BCUT2D eigenvalue weighted by molar-refractivity contribution is 6.33. The van der Waals surface area contributed by atoms with Gasteiger partial charge in [0.25, 0.3) is 0 Å². The van der Waals surface area contributed by atoms with Crippen LogP contribution in [0.1, 0.15) is 16.7 Å². The zero-order chi connectivity index (χ0) is 20.5. The summed E-state index contributed by atoms with van der Waals surface area (Å²) in [6, 6.07) is 18.3. The predicted octanol–water partition coefficient (Wildman–Crippen LogP) is 6.96. The first kappa shape index (κ1) is 19.6. The third-order valence-corrected chi connectivity index (χ3v) is 5.25. The molecule has 29 heavy (non-hydrogen) atoms. The van der Waals surface area contributed by atoms with Crippen LogP contribution < -0.4 is 10.2 Å². The minimum atomic E-state index is -0.222. The SMILES string of the molecule is Cc1cc(C)c2c(=O)c(OCc3cccc(Cl)c3)c(-c3ccccc3Cl)oc2c1. The molecule has 0 fully saturated rings. The smallest absolute Gasteiger partial charge is 0.235 e. The summed E-state index contributed by atoms with van der Waals surface area (Å²) in [6.07, 6.45) is 0. The molecule has 0 aliphatic rings. The van der Waals surface area contributed by atoms with E-state index >= 15 is 0 Å². The molecule has 3 aromatic carbocycles. The number of rotatable bonds is 4. The first-order valence-electron chi connectivity index (χ1n) is 9.14. The third-order valence-electron chi connectivity index (χ3n) is 4.69. The van der Waals surface area contributed by atoms with Gasteiger partial charge >= 0.3 is 0 Å². The molecule has 0 N–H and O–H groups in total. The summed E-state index contributed by atoms with van der Waals surface area (Å²) < 4.78 is 12.2. The Hall–Kier alpha value is -2.75. The van der Waals surface area contributed by atoms with Crippen LogP contribution in [-0.4, -0.2) is 0 Å². The van der Waals surface area contributed by atoms with Crippen molar-refractivity contribution >= 4 is 34.2 Å². The molecule has 0 unspecified atom stereocenters. The van der Waals surface area contributed by atoms with Gasteiger partial charge in [-0.1, -0.05) is 53.5 Å². The molecule has 0 radical (unpaired) electrons. The first-order valence-corrected chi connectivity index (χ1v) is 9.90. The summed E-state index contributed by atoms with van der Waals surface area (Å²) >= 11 is 12.5. The summed E-state index contributed by atoms with van der Waals surface area (Å²) in [5, 5.41) is 1.59. The Morgan fingerprint density at radius 2 is 1.76 bits per heavy atom. The van der Waals surface area contributed by atoms with Crippen molar-refractivity contribution in [1.29, 1.82) is 0 Å². The fourth-order valence-corrected chi connectivity index (χ4v) is 3.84. The first-order chi connectivity index (χ1) is 13.9. The Morgan fingerprint density at radius 1 is 0.966 bits per heavy atom. The number of hydrogen-bond donors (Lipinski definition) is 0. The Labute approximate surface area is 178 Å². The maximum Gasteiger partial charge on any atom is 0.235 e. The maximum atomic E-state index is 13.4. The van der Waals surface area contributed by atoms with Gasteiger partial charge in [0.1, 0.15) is 12.2 Å². The average molecular weight is 425 g/mol. The van der Waals surface area contributed by atoms with E-state index < -0.39 is 0 Å². The number of ether oxygens (including phenoxy) is 1. The van der Waals surface area contributed by atoms with Crippen molar-refractivity contribution in [1.82, 2.24) is 0 Å². The number of halogens is 2. The Bertz CT molecular complexity index is 1280. The Morgan fingerprint density at radius 3 is 2.52 bits per heavy atom. The molecule has 0 saturated heterocycles. The van der Waals surface area contributed by atoms with E-state index in [1.165, 1.54) is 0 Å². The fraction of sp³-hybridized carbons (Fsp3) is 0.125. The quantitative estimate of drug-likeness (QED) is 0.355. The molecule has 0 saturated carbocycles. The molecule has 4 rings (SSSR count). The molecule has 0 atom stereocenters. The third kappa shape index (κ3) is 3.89. The number of fused-ring (bicyclic) bond motifs is 1.